The van der Waals surface area contributed by atoms with Crippen LogP contribution >= 0.6 is 11.6 Å². The Hall–Kier alpha value is -1.22. The predicted molar refractivity (Wildman–Crippen MR) is 74.1 cm³/mol. The van der Waals surface area contributed by atoms with Gasteiger partial charge in [-0.15, -0.1) is 11.6 Å². The number of benzene rings is 1. The van der Waals surface area contributed by atoms with Crippen LogP contribution in [-0.2, 0) is 4.79 Å². The van der Waals surface area contributed by atoms with Crippen molar-refractivity contribution in [2.75, 3.05) is 26.1 Å². The third-order valence-electron chi connectivity index (χ3n) is 2.66. The minimum absolute atomic E-state index is 0.00438. The molecule has 0 N–H and O–H groups in total. The molecule has 1 amide bonds. The Morgan fingerprint density at radius 3 is 2.61 bits per heavy atom. The van der Waals surface area contributed by atoms with Crippen molar-refractivity contribution < 1.29 is 9.53 Å². The van der Waals surface area contributed by atoms with Crippen LogP contribution in [0.15, 0.2) is 30.3 Å². The van der Waals surface area contributed by atoms with Gasteiger partial charge in [-0.1, -0.05) is 24.6 Å². The van der Waals surface area contributed by atoms with E-state index in [1.165, 1.54) is 0 Å². The molecule has 0 aliphatic heterocycles. The second kappa shape index (κ2) is 8.81. The summed E-state index contributed by atoms with van der Waals surface area (Å²) in [5, 5.41) is 0. The molecule has 100 valence electrons. The summed E-state index contributed by atoms with van der Waals surface area (Å²) >= 11 is 5.60. The van der Waals surface area contributed by atoms with Crippen LogP contribution in [0.4, 0.5) is 0 Å². The van der Waals surface area contributed by atoms with Crippen molar-refractivity contribution in [3.8, 4) is 5.75 Å². The second-order valence-corrected chi connectivity index (χ2v) is 4.54. The van der Waals surface area contributed by atoms with Gasteiger partial charge in [-0.05, 0) is 25.0 Å². The molecule has 4 heteroatoms. The molecule has 1 aromatic rings. The van der Waals surface area contributed by atoms with Crippen molar-refractivity contribution >= 4 is 17.5 Å². The molecular formula is C14H20ClNO2. The molecule has 3 nitrogen and oxygen atoms in total. The van der Waals surface area contributed by atoms with E-state index in [2.05, 4.69) is 0 Å². The minimum Gasteiger partial charge on any atom is -0.484 e. The topological polar surface area (TPSA) is 29.5 Å². The largest absolute Gasteiger partial charge is 0.484 e. The van der Waals surface area contributed by atoms with E-state index in [0.29, 0.717) is 5.88 Å². The number of amides is 1. The van der Waals surface area contributed by atoms with Crippen LogP contribution in [0.1, 0.15) is 19.3 Å². The number of unbranched alkanes of at least 4 members (excludes halogenated alkanes) is 2. The lowest BCUT2D eigenvalue weighted by Crippen LogP contribution is -2.32. The molecule has 0 atom stereocenters. The smallest absolute Gasteiger partial charge is 0.260 e. The molecule has 0 saturated heterocycles. The van der Waals surface area contributed by atoms with E-state index in [4.69, 9.17) is 16.3 Å². The van der Waals surface area contributed by atoms with Gasteiger partial charge in [0.2, 0.25) is 0 Å². The number of alkyl halides is 1. The van der Waals surface area contributed by atoms with Crippen LogP contribution in [0.3, 0.4) is 0 Å². The Labute approximate surface area is 114 Å². The molecule has 0 bridgehead atoms. The lowest BCUT2D eigenvalue weighted by molar-refractivity contribution is -0.132. The van der Waals surface area contributed by atoms with Crippen molar-refractivity contribution in [1.82, 2.24) is 4.90 Å². The number of likely N-dealkylation sites (N-methyl/N-ethyl adjacent to an activating group) is 1. The van der Waals surface area contributed by atoms with Gasteiger partial charge in [-0.25, -0.2) is 0 Å². The Bertz CT molecular complexity index is 343. The van der Waals surface area contributed by atoms with E-state index in [1.807, 2.05) is 30.3 Å². The van der Waals surface area contributed by atoms with Gasteiger partial charge in [0.25, 0.3) is 5.91 Å². The summed E-state index contributed by atoms with van der Waals surface area (Å²) in [6.45, 7) is 0.851. The predicted octanol–water partition coefficient (Wildman–Crippen LogP) is 2.93. The van der Waals surface area contributed by atoms with Gasteiger partial charge in [0.05, 0.1) is 0 Å². The van der Waals surface area contributed by atoms with E-state index >= 15 is 0 Å². The highest BCUT2D eigenvalue weighted by molar-refractivity contribution is 6.17. The number of hydrogen-bond donors (Lipinski definition) is 0. The molecule has 0 aliphatic rings. The fourth-order valence-corrected chi connectivity index (χ4v) is 1.71. The number of nitrogens with zero attached hydrogens (tertiary/aromatic N) is 1. The molecule has 18 heavy (non-hydrogen) atoms. The van der Waals surface area contributed by atoms with Crippen LogP contribution < -0.4 is 4.74 Å². The molecule has 0 aliphatic carbocycles. The van der Waals surface area contributed by atoms with E-state index in [9.17, 15) is 4.79 Å². The zero-order valence-corrected chi connectivity index (χ0v) is 11.5. The summed E-state index contributed by atoms with van der Waals surface area (Å²) in [7, 11) is 1.80. The van der Waals surface area contributed by atoms with Gasteiger partial charge < -0.3 is 9.64 Å². The number of carbonyl (C=O) groups excluding carboxylic acids is 1. The average molecular weight is 270 g/mol. The maximum atomic E-state index is 11.8. The van der Waals surface area contributed by atoms with E-state index in [0.717, 1.165) is 31.6 Å². The fourth-order valence-electron chi connectivity index (χ4n) is 1.52. The highest BCUT2D eigenvalue weighted by Gasteiger charge is 2.08. The van der Waals surface area contributed by atoms with Gasteiger partial charge in [-0.2, -0.15) is 0 Å². The molecule has 0 aromatic heterocycles. The SMILES string of the molecule is CN(CCCCCCl)C(=O)COc1ccccc1. The normalized spacial score (nSPS) is 10.1. The van der Waals surface area contributed by atoms with Gasteiger partial charge in [0, 0.05) is 19.5 Å². The zero-order chi connectivity index (χ0) is 13.2. The van der Waals surface area contributed by atoms with Crippen LogP contribution in [-0.4, -0.2) is 36.9 Å². The number of carbonyl (C=O) groups is 1. The first-order chi connectivity index (χ1) is 8.74. The third-order valence-corrected chi connectivity index (χ3v) is 2.93. The van der Waals surface area contributed by atoms with Gasteiger partial charge >= 0.3 is 0 Å². The Balaban J connectivity index is 2.19. The van der Waals surface area contributed by atoms with Crippen LogP contribution in [0.2, 0.25) is 0 Å². The van der Waals surface area contributed by atoms with Gasteiger partial charge in [-0.3, -0.25) is 4.79 Å². The maximum absolute atomic E-state index is 11.8. The van der Waals surface area contributed by atoms with E-state index in [1.54, 1.807) is 11.9 Å². The van der Waals surface area contributed by atoms with E-state index in [-0.39, 0.29) is 12.5 Å². The van der Waals surface area contributed by atoms with Crippen molar-refractivity contribution in [3.63, 3.8) is 0 Å². The first kappa shape index (κ1) is 14.8. The van der Waals surface area contributed by atoms with Crippen molar-refractivity contribution in [2.24, 2.45) is 0 Å². The first-order valence-corrected chi connectivity index (χ1v) is 6.75. The first-order valence-electron chi connectivity index (χ1n) is 6.22. The summed E-state index contributed by atoms with van der Waals surface area (Å²) in [5.74, 6) is 1.42. The van der Waals surface area contributed by atoms with E-state index < -0.39 is 0 Å². The quantitative estimate of drug-likeness (QED) is 0.536. The monoisotopic (exact) mass is 269 g/mol. The molecule has 0 radical (unpaired) electrons. The lowest BCUT2D eigenvalue weighted by Gasteiger charge is -2.17. The Morgan fingerprint density at radius 1 is 1.22 bits per heavy atom. The summed E-state index contributed by atoms with van der Waals surface area (Å²) in [4.78, 5) is 13.5. The van der Waals surface area contributed by atoms with Crippen LogP contribution in [0, 0.1) is 0 Å². The maximum Gasteiger partial charge on any atom is 0.260 e. The number of halogens is 1. The fraction of sp³-hybridized carbons (Fsp3) is 0.500. The third kappa shape index (κ3) is 5.92. The second-order valence-electron chi connectivity index (χ2n) is 4.17. The average Bonchev–Trinajstić information content (AvgIpc) is 2.42. The molecule has 0 spiro atoms. The number of ether oxygens (including phenoxy) is 1. The van der Waals surface area contributed by atoms with Gasteiger partial charge in [0.15, 0.2) is 6.61 Å². The summed E-state index contributed by atoms with van der Waals surface area (Å²) in [6.07, 6.45) is 3.05. The molecule has 1 rings (SSSR count). The highest BCUT2D eigenvalue weighted by atomic mass is 35.5. The Kier molecular flexibility index (Phi) is 7.26. The molecule has 0 saturated carbocycles. The molecule has 0 heterocycles. The van der Waals surface area contributed by atoms with Gasteiger partial charge in [0.1, 0.15) is 5.75 Å². The van der Waals surface area contributed by atoms with Crippen molar-refractivity contribution in [1.29, 1.82) is 0 Å². The minimum atomic E-state index is 0.00438. The summed E-state index contributed by atoms with van der Waals surface area (Å²) in [5.41, 5.74) is 0. The number of para-hydroxylation sites is 1. The van der Waals surface area contributed by atoms with Crippen molar-refractivity contribution in [3.05, 3.63) is 30.3 Å². The Morgan fingerprint density at radius 2 is 1.94 bits per heavy atom. The highest BCUT2D eigenvalue weighted by Crippen LogP contribution is 2.08. The van der Waals surface area contributed by atoms with Crippen LogP contribution in [0.25, 0.3) is 0 Å². The lowest BCUT2D eigenvalue weighted by atomic mass is 10.2. The number of hydrogen-bond acceptors (Lipinski definition) is 2. The van der Waals surface area contributed by atoms with Crippen LogP contribution in [0.5, 0.6) is 5.75 Å². The molecule has 0 fully saturated rings. The zero-order valence-electron chi connectivity index (χ0n) is 10.8. The standard InChI is InChI=1S/C14H20ClNO2/c1-16(11-7-3-6-10-15)14(17)12-18-13-8-4-2-5-9-13/h2,4-5,8-9H,3,6-7,10-12H2,1H3. The summed E-state index contributed by atoms with van der Waals surface area (Å²) < 4.78 is 5.40. The summed E-state index contributed by atoms with van der Waals surface area (Å²) in [6, 6.07) is 9.37. The van der Waals surface area contributed by atoms with Crippen molar-refractivity contribution in [2.45, 2.75) is 19.3 Å². The number of rotatable bonds is 8. The molecular weight excluding hydrogens is 250 g/mol. The molecule has 0 unspecified atom stereocenters. The molecule has 1 aromatic carbocycles.